The topological polar surface area (TPSA) is 67.8 Å². The molecule has 0 aromatic heterocycles. The van der Waals surface area contributed by atoms with E-state index in [-0.39, 0.29) is 6.04 Å². The van der Waals surface area contributed by atoms with E-state index in [0.29, 0.717) is 18.8 Å². The van der Waals surface area contributed by atoms with Crippen LogP contribution < -0.4 is 14.8 Å². The zero-order valence-corrected chi connectivity index (χ0v) is 12.6. The lowest BCUT2D eigenvalue weighted by molar-refractivity contribution is -0.145. The quantitative estimate of drug-likeness (QED) is 0.771. The number of hydrogen-bond acceptors (Lipinski definition) is 4. The van der Waals surface area contributed by atoms with E-state index in [0.717, 1.165) is 30.7 Å². The summed E-state index contributed by atoms with van der Waals surface area (Å²) in [6.45, 7) is 5.62. The predicted molar refractivity (Wildman–Crippen MR) is 79.9 cm³/mol. The zero-order chi connectivity index (χ0) is 15.2. The van der Waals surface area contributed by atoms with E-state index in [1.165, 1.54) is 0 Å². The fourth-order valence-corrected chi connectivity index (χ4v) is 2.41. The molecule has 0 amide bonds. The van der Waals surface area contributed by atoms with Gasteiger partial charge in [-0.3, -0.25) is 0 Å². The standard InChI is InChI=1S/C16H23NO4/c1-3-5-14(16(18)19)21-11-6-7-12-13(17-8-4-2)10-20-15(12)9-11/h6-7,9,13-14,17H,3-5,8,10H2,1-2H3,(H,18,19). The van der Waals surface area contributed by atoms with Gasteiger partial charge in [-0.05, 0) is 31.5 Å². The Morgan fingerprint density at radius 3 is 2.95 bits per heavy atom. The molecule has 0 radical (unpaired) electrons. The maximum Gasteiger partial charge on any atom is 0.344 e. The highest BCUT2D eigenvalue weighted by Crippen LogP contribution is 2.35. The molecule has 2 atom stereocenters. The van der Waals surface area contributed by atoms with Crippen LogP contribution in [0.4, 0.5) is 0 Å². The Balaban J connectivity index is 2.06. The van der Waals surface area contributed by atoms with Crippen molar-refractivity contribution >= 4 is 5.97 Å². The Morgan fingerprint density at radius 2 is 2.29 bits per heavy atom. The SMILES string of the molecule is CCCNC1COc2cc(OC(CCC)C(=O)O)ccc21. The molecule has 5 nitrogen and oxygen atoms in total. The molecule has 1 aliphatic heterocycles. The molecule has 0 spiro atoms. The normalized spacial score (nSPS) is 17.9. The van der Waals surface area contributed by atoms with Gasteiger partial charge in [0.05, 0.1) is 6.04 Å². The second-order valence-corrected chi connectivity index (χ2v) is 5.25. The Kier molecular flexibility index (Phi) is 5.44. The molecule has 2 N–H and O–H groups in total. The Bertz CT molecular complexity index is 489. The van der Waals surface area contributed by atoms with Crippen LogP contribution in [0.3, 0.4) is 0 Å². The van der Waals surface area contributed by atoms with Gasteiger partial charge in [0, 0.05) is 11.6 Å². The van der Waals surface area contributed by atoms with Crippen LogP contribution in [0.25, 0.3) is 0 Å². The first-order chi connectivity index (χ1) is 10.2. The number of carbonyl (C=O) groups is 1. The summed E-state index contributed by atoms with van der Waals surface area (Å²) in [6, 6.07) is 5.77. The third-order valence-corrected chi connectivity index (χ3v) is 3.51. The van der Waals surface area contributed by atoms with Crippen molar-refractivity contribution in [2.24, 2.45) is 0 Å². The number of aliphatic carboxylic acids is 1. The minimum Gasteiger partial charge on any atom is -0.491 e. The Hall–Kier alpha value is -1.75. The molecule has 1 heterocycles. The molecule has 1 aromatic rings. The molecule has 5 heteroatoms. The van der Waals surface area contributed by atoms with Gasteiger partial charge in [0.1, 0.15) is 18.1 Å². The van der Waals surface area contributed by atoms with E-state index in [1.807, 2.05) is 19.1 Å². The van der Waals surface area contributed by atoms with Gasteiger partial charge in [-0.15, -0.1) is 0 Å². The first-order valence-electron chi connectivity index (χ1n) is 7.55. The van der Waals surface area contributed by atoms with Crippen molar-refractivity contribution in [1.82, 2.24) is 5.32 Å². The van der Waals surface area contributed by atoms with Gasteiger partial charge in [-0.25, -0.2) is 4.79 Å². The minimum atomic E-state index is -0.930. The largest absolute Gasteiger partial charge is 0.491 e. The van der Waals surface area contributed by atoms with Crippen molar-refractivity contribution in [2.45, 2.75) is 45.3 Å². The fraction of sp³-hybridized carbons (Fsp3) is 0.562. The smallest absolute Gasteiger partial charge is 0.344 e. The van der Waals surface area contributed by atoms with Crippen LogP contribution in [0.15, 0.2) is 18.2 Å². The van der Waals surface area contributed by atoms with Crippen molar-refractivity contribution in [3.8, 4) is 11.5 Å². The summed E-state index contributed by atoms with van der Waals surface area (Å²) < 4.78 is 11.2. The van der Waals surface area contributed by atoms with E-state index < -0.39 is 12.1 Å². The first kappa shape index (κ1) is 15.6. The van der Waals surface area contributed by atoms with Gasteiger partial charge in [0.25, 0.3) is 0 Å². The minimum absolute atomic E-state index is 0.208. The van der Waals surface area contributed by atoms with Crippen LogP contribution in [-0.2, 0) is 4.79 Å². The lowest BCUT2D eigenvalue weighted by Crippen LogP contribution is -2.26. The Labute approximate surface area is 125 Å². The van der Waals surface area contributed by atoms with Crippen molar-refractivity contribution in [1.29, 1.82) is 0 Å². The molecule has 2 rings (SSSR count). The van der Waals surface area contributed by atoms with Crippen molar-refractivity contribution < 1.29 is 19.4 Å². The summed E-state index contributed by atoms with van der Waals surface area (Å²) in [5.41, 5.74) is 1.11. The Morgan fingerprint density at radius 1 is 1.48 bits per heavy atom. The molecule has 0 fully saturated rings. The maximum absolute atomic E-state index is 11.1. The second-order valence-electron chi connectivity index (χ2n) is 5.25. The number of ether oxygens (including phenoxy) is 2. The number of fused-ring (bicyclic) bond motifs is 1. The third-order valence-electron chi connectivity index (χ3n) is 3.51. The van der Waals surface area contributed by atoms with E-state index in [2.05, 4.69) is 12.2 Å². The van der Waals surface area contributed by atoms with E-state index in [9.17, 15) is 4.79 Å². The average molecular weight is 293 g/mol. The summed E-state index contributed by atoms with van der Waals surface area (Å²) in [6.07, 6.45) is 1.53. The molecule has 2 unspecified atom stereocenters. The number of hydrogen-bond donors (Lipinski definition) is 2. The van der Waals surface area contributed by atoms with Crippen molar-refractivity contribution in [3.05, 3.63) is 23.8 Å². The molecular weight excluding hydrogens is 270 g/mol. The molecule has 21 heavy (non-hydrogen) atoms. The molecular formula is C16H23NO4. The lowest BCUT2D eigenvalue weighted by atomic mass is 10.1. The summed E-state index contributed by atoms with van der Waals surface area (Å²) >= 11 is 0. The van der Waals surface area contributed by atoms with Crippen LogP contribution in [-0.4, -0.2) is 30.3 Å². The summed E-state index contributed by atoms with van der Waals surface area (Å²) in [5.74, 6) is 0.397. The van der Waals surface area contributed by atoms with Crippen LogP contribution in [0.1, 0.15) is 44.7 Å². The monoisotopic (exact) mass is 293 g/mol. The zero-order valence-electron chi connectivity index (χ0n) is 12.6. The molecule has 0 bridgehead atoms. The first-order valence-corrected chi connectivity index (χ1v) is 7.55. The third kappa shape index (κ3) is 3.88. The highest BCUT2D eigenvalue weighted by atomic mass is 16.5. The van der Waals surface area contributed by atoms with Crippen LogP contribution in [0.5, 0.6) is 11.5 Å². The van der Waals surface area contributed by atoms with E-state index in [1.54, 1.807) is 6.07 Å². The van der Waals surface area contributed by atoms with Crippen molar-refractivity contribution in [2.75, 3.05) is 13.2 Å². The molecule has 0 aliphatic carbocycles. The highest BCUT2D eigenvalue weighted by molar-refractivity contribution is 5.72. The number of carboxylic acids is 1. The van der Waals surface area contributed by atoms with Crippen LogP contribution in [0, 0.1) is 0 Å². The van der Waals surface area contributed by atoms with Gasteiger partial charge < -0.3 is 19.9 Å². The predicted octanol–water partition coefficient (Wildman–Crippen LogP) is 2.75. The van der Waals surface area contributed by atoms with E-state index in [4.69, 9.17) is 14.6 Å². The van der Waals surface area contributed by atoms with Gasteiger partial charge in [-0.1, -0.05) is 20.3 Å². The molecule has 1 aromatic carbocycles. The van der Waals surface area contributed by atoms with Crippen molar-refractivity contribution in [3.63, 3.8) is 0 Å². The number of carboxylic acid groups (broad SMARTS) is 1. The van der Waals surface area contributed by atoms with Gasteiger partial charge in [0.15, 0.2) is 6.10 Å². The molecule has 0 saturated carbocycles. The molecule has 1 aliphatic rings. The summed E-state index contributed by atoms with van der Waals surface area (Å²) in [5, 5.41) is 12.6. The van der Waals surface area contributed by atoms with E-state index >= 15 is 0 Å². The van der Waals surface area contributed by atoms with Crippen LogP contribution >= 0.6 is 0 Å². The fourth-order valence-electron chi connectivity index (χ4n) is 2.41. The average Bonchev–Trinajstić information content (AvgIpc) is 2.87. The lowest BCUT2D eigenvalue weighted by Gasteiger charge is -2.15. The van der Waals surface area contributed by atoms with Gasteiger partial charge in [0.2, 0.25) is 0 Å². The van der Waals surface area contributed by atoms with Gasteiger partial charge in [-0.2, -0.15) is 0 Å². The second kappa shape index (κ2) is 7.31. The maximum atomic E-state index is 11.1. The number of benzene rings is 1. The number of rotatable bonds is 8. The molecule has 0 saturated heterocycles. The van der Waals surface area contributed by atoms with Gasteiger partial charge >= 0.3 is 5.97 Å². The highest BCUT2D eigenvalue weighted by Gasteiger charge is 2.25. The summed E-state index contributed by atoms with van der Waals surface area (Å²) in [7, 11) is 0. The van der Waals surface area contributed by atoms with Crippen LogP contribution in [0.2, 0.25) is 0 Å². The summed E-state index contributed by atoms with van der Waals surface area (Å²) in [4.78, 5) is 11.1. The molecule has 116 valence electrons. The number of nitrogens with one attached hydrogen (secondary N) is 1.